The molecule has 0 radical (unpaired) electrons. The van der Waals surface area contributed by atoms with E-state index >= 15 is 0 Å². The molecule has 3 heterocycles. The predicted molar refractivity (Wildman–Crippen MR) is 122 cm³/mol. The minimum Gasteiger partial charge on any atom is -0.493 e. The molecule has 0 spiro atoms. The molecule has 1 atom stereocenters. The number of methoxy groups -OCH3 is 2. The zero-order valence-electron chi connectivity index (χ0n) is 19.1. The number of aryl methyl sites for hydroxylation is 1. The highest BCUT2D eigenvalue weighted by molar-refractivity contribution is 5.60. The second-order valence-corrected chi connectivity index (χ2v) is 7.98. The van der Waals surface area contributed by atoms with Gasteiger partial charge >= 0.3 is 0 Å². The molecule has 2 aromatic rings. The Hall–Kier alpha value is -3.48. The Labute approximate surface area is 192 Å². The molecular weight excluding hydrogens is 424 g/mol. The first kappa shape index (κ1) is 22.7. The maximum Gasteiger partial charge on any atom is 0.258 e. The molecule has 0 unspecified atom stereocenters. The van der Waals surface area contributed by atoms with E-state index in [-0.39, 0.29) is 17.0 Å². The van der Waals surface area contributed by atoms with Gasteiger partial charge in [0.25, 0.3) is 5.56 Å². The number of nitriles is 1. The Bertz CT molecular complexity index is 1170. The number of morpholine rings is 1. The summed E-state index contributed by atoms with van der Waals surface area (Å²) < 4.78 is 24.0. The van der Waals surface area contributed by atoms with Crippen molar-refractivity contribution in [3.63, 3.8) is 0 Å². The van der Waals surface area contributed by atoms with Gasteiger partial charge in [-0.25, -0.2) is 0 Å². The van der Waals surface area contributed by atoms with Crippen molar-refractivity contribution < 1.29 is 18.9 Å². The molecule has 2 aliphatic heterocycles. The van der Waals surface area contributed by atoms with Crippen molar-refractivity contribution in [3.05, 3.63) is 62.9 Å². The standard InChI is InChI=1S/C24H28N4O5/c1-15-13-19-21(24(29)28(15)8-7-27-9-11-32-12-10-27)20(17(14-25)23(26)33-19)16-5-4-6-18(30-2)22(16)31-3/h4-6,13,20H,7-12,26H2,1-3H3/t20-/m0/s1. The molecule has 33 heavy (non-hydrogen) atoms. The lowest BCUT2D eigenvalue weighted by atomic mass is 9.83. The summed E-state index contributed by atoms with van der Waals surface area (Å²) in [5.74, 6) is 0.527. The number of hydrogen-bond acceptors (Lipinski definition) is 8. The van der Waals surface area contributed by atoms with Gasteiger partial charge in [-0.3, -0.25) is 9.69 Å². The second-order valence-electron chi connectivity index (χ2n) is 7.98. The van der Waals surface area contributed by atoms with Crippen molar-refractivity contribution in [2.45, 2.75) is 19.4 Å². The molecule has 0 amide bonds. The quantitative estimate of drug-likeness (QED) is 0.705. The molecule has 2 N–H and O–H groups in total. The molecule has 1 aromatic carbocycles. The lowest BCUT2D eigenvalue weighted by Gasteiger charge is -2.30. The number of hydrogen-bond donors (Lipinski definition) is 1. The van der Waals surface area contributed by atoms with Crippen LogP contribution >= 0.6 is 0 Å². The van der Waals surface area contributed by atoms with E-state index in [1.807, 2.05) is 13.0 Å². The molecule has 0 aliphatic carbocycles. The number of fused-ring (bicyclic) bond motifs is 1. The molecule has 9 heteroatoms. The molecule has 4 rings (SSSR count). The van der Waals surface area contributed by atoms with Crippen LogP contribution in [0.4, 0.5) is 0 Å². The predicted octanol–water partition coefficient (Wildman–Crippen LogP) is 1.72. The Morgan fingerprint density at radius 1 is 1.21 bits per heavy atom. The average molecular weight is 453 g/mol. The highest BCUT2D eigenvalue weighted by Crippen LogP contribution is 2.46. The van der Waals surface area contributed by atoms with Crippen LogP contribution in [0, 0.1) is 18.3 Å². The Morgan fingerprint density at radius 3 is 2.64 bits per heavy atom. The van der Waals surface area contributed by atoms with E-state index in [1.165, 1.54) is 14.2 Å². The maximum atomic E-state index is 13.8. The van der Waals surface area contributed by atoms with Crippen LogP contribution in [0.3, 0.4) is 0 Å². The Morgan fingerprint density at radius 2 is 1.97 bits per heavy atom. The highest BCUT2D eigenvalue weighted by Gasteiger charge is 2.36. The van der Waals surface area contributed by atoms with E-state index in [1.54, 1.807) is 22.8 Å². The fraction of sp³-hybridized carbons (Fsp3) is 0.417. The number of aromatic nitrogens is 1. The van der Waals surface area contributed by atoms with E-state index in [2.05, 4.69) is 11.0 Å². The Kier molecular flexibility index (Phi) is 6.58. The van der Waals surface area contributed by atoms with Crippen LogP contribution in [-0.4, -0.2) is 56.5 Å². The SMILES string of the molecule is COc1cccc([C@H]2C(C#N)=C(N)Oc3cc(C)n(CCN4CCOCC4)c(=O)c32)c1OC. The van der Waals surface area contributed by atoms with E-state index in [4.69, 9.17) is 24.7 Å². The summed E-state index contributed by atoms with van der Waals surface area (Å²) in [6.07, 6.45) is 0. The fourth-order valence-electron chi connectivity index (χ4n) is 4.48. The van der Waals surface area contributed by atoms with Gasteiger partial charge in [0.05, 0.1) is 38.9 Å². The molecular formula is C24H28N4O5. The molecule has 174 valence electrons. The van der Waals surface area contributed by atoms with Crippen molar-refractivity contribution in [2.24, 2.45) is 5.73 Å². The van der Waals surface area contributed by atoms with E-state index < -0.39 is 5.92 Å². The van der Waals surface area contributed by atoms with Crippen LogP contribution in [0.25, 0.3) is 0 Å². The number of benzene rings is 1. The summed E-state index contributed by atoms with van der Waals surface area (Å²) in [4.78, 5) is 16.1. The molecule has 1 fully saturated rings. The highest BCUT2D eigenvalue weighted by atomic mass is 16.5. The number of allylic oxidation sites excluding steroid dienone is 1. The fourth-order valence-corrected chi connectivity index (χ4v) is 4.48. The van der Waals surface area contributed by atoms with Gasteiger partial charge in [0.15, 0.2) is 11.5 Å². The van der Waals surface area contributed by atoms with Crippen molar-refractivity contribution in [3.8, 4) is 23.3 Å². The zero-order valence-corrected chi connectivity index (χ0v) is 19.1. The first-order valence-electron chi connectivity index (χ1n) is 10.8. The number of nitrogens with zero attached hydrogens (tertiary/aromatic N) is 3. The number of para-hydroxylation sites is 1. The van der Waals surface area contributed by atoms with Crippen LogP contribution in [0.5, 0.6) is 17.2 Å². The van der Waals surface area contributed by atoms with Gasteiger partial charge < -0.3 is 29.2 Å². The molecule has 0 saturated carbocycles. The largest absolute Gasteiger partial charge is 0.493 e. The van der Waals surface area contributed by atoms with Gasteiger partial charge in [0, 0.05) is 43.5 Å². The molecule has 9 nitrogen and oxygen atoms in total. The molecule has 0 bridgehead atoms. The zero-order chi connectivity index (χ0) is 23.5. The van der Waals surface area contributed by atoms with Gasteiger partial charge in [-0.15, -0.1) is 0 Å². The van der Waals surface area contributed by atoms with Crippen LogP contribution in [-0.2, 0) is 11.3 Å². The number of pyridine rings is 1. The lowest BCUT2D eigenvalue weighted by Crippen LogP contribution is -2.40. The minimum atomic E-state index is -0.744. The first-order chi connectivity index (χ1) is 16.0. The van der Waals surface area contributed by atoms with E-state index in [9.17, 15) is 10.1 Å². The van der Waals surface area contributed by atoms with Crippen molar-refractivity contribution in [1.29, 1.82) is 5.26 Å². The smallest absolute Gasteiger partial charge is 0.258 e. The summed E-state index contributed by atoms with van der Waals surface area (Å²) in [6, 6.07) is 9.31. The van der Waals surface area contributed by atoms with E-state index in [0.29, 0.717) is 48.1 Å². The summed E-state index contributed by atoms with van der Waals surface area (Å²) in [7, 11) is 3.06. The number of rotatable bonds is 6. The summed E-state index contributed by atoms with van der Waals surface area (Å²) >= 11 is 0. The third-order valence-electron chi connectivity index (χ3n) is 6.18. The maximum absolute atomic E-state index is 13.8. The van der Waals surface area contributed by atoms with Crippen molar-refractivity contribution in [1.82, 2.24) is 9.47 Å². The topological polar surface area (TPSA) is 112 Å². The van der Waals surface area contributed by atoms with Gasteiger partial charge in [-0.1, -0.05) is 12.1 Å². The third kappa shape index (κ3) is 4.15. The number of ether oxygens (including phenoxy) is 4. The first-order valence-corrected chi connectivity index (χ1v) is 10.8. The van der Waals surface area contributed by atoms with Crippen LogP contribution < -0.4 is 25.5 Å². The van der Waals surface area contributed by atoms with Gasteiger partial charge in [0.2, 0.25) is 5.88 Å². The Balaban J connectivity index is 1.84. The van der Waals surface area contributed by atoms with Crippen LogP contribution in [0.15, 0.2) is 40.5 Å². The number of nitrogens with two attached hydrogens (primary N) is 1. The van der Waals surface area contributed by atoms with Gasteiger partial charge in [-0.05, 0) is 13.0 Å². The van der Waals surface area contributed by atoms with Crippen LogP contribution in [0.2, 0.25) is 0 Å². The summed E-state index contributed by atoms with van der Waals surface area (Å²) in [5, 5.41) is 9.93. The third-order valence-corrected chi connectivity index (χ3v) is 6.18. The average Bonchev–Trinajstić information content (AvgIpc) is 2.83. The normalized spacial score (nSPS) is 18.3. The van der Waals surface area contributed by atoms with Gasteiger partial charge in [0.1, 0.15) is 17.4 Å². The van der Waals surface area contributed by atoms with E-state index in [0.717, 1.165) is 25.3 Å². The summed E-state index contributed by atoms with van der Waals surface area (Å²) in [5.41, 5.74) is 7.81. The van der Waals surface area contributed by atoms with Crippen molar-refractivity contribution >= 4 is 0 Å². The van der Waals surface area contributed by atoms with Crippen LogP contribution in [0.1, 0.15) is 22.7 Å². The minimum absolute atomic E-state index is 0.0234. The second kappa shape index (κ2) is 9.57. The van der Waals surface area contributed by atoms with Crippen molar-refractivity contribution in [2.75, 3.05) is 47.1 Å². The summed E-state index contributed by atoms with van der Waals surface area (Å²) in [6.45, 7) is 6.16. The molecule has 2 aliphatic rings. The monoisotopic (exact) mass is 452 g/mol. The molecule has 1 saturated heterocycles. The molecule has 1 aromatic heterocycles. The van der Waals surface area contributed by atoms with Gasteiger partial charge in [-0.2, -0.15) is 5.26 Å². The lowest BCUT2D eigenvalue weighted by molar-refractivity contribution is 0.0362.